The van der Waals surface area contributed by atoms with Gasteiger partial charge in [0, 0.05) is 5.02 Å². The SMILES string of the molecule is COc1ccc(COc2ccc(Cl)cc2C(=O)Nc2cncnc2)cc1. The van der Waals surface area contributed by atoms with Crippen molar-refractivity contribution in [1.82, 2.24) is 9.97 Å². The molecule has 132 valence electrons. The predicted octanol–water partition coefficient (Wildman–Crippen LogP) is 3.97. The number of methoxy groups -OCH3 is 1. The second kappa shape index (κ2) is 8.31. The molecule has 1 heterocycles. The van der Waals surface area contributed by atoms with Crippen LogP contribution in [0.1, 0.15) is 15.9 Å². The highest BCUT2D eigenvalue weighted by Gasteiger charge is 2.14. The molecule has 0 bridgehead atoms. The summed E-state index contributed by atoms with van der Waals surface area (Å²) in [6, 6.07) is 12.4. The number of carbonyl (C=O) groups is 1. The Morgan fingerprint density at radius 1 is 1.12 bits per heavy atom. The maximum absolute atomic E-state index is 12.6. The highest BCUT2D eigenvalue weighted by atomic mass is 35.5. The minimum Gasteiger partial charge on any atom is -0.497 e. The number of ether oxygens (including phenoxy) is 2. The number of amides is 1. The van der Waals surface area contributed by atoms with Gasteiger partial charge in [0.15, 0.2) is 0 Å². The summed E-state index contributed by atoms with van der Waals surface area (Å²) in [7, 11) is 1.61. The van der Waals surface area contributed by atoms with Gasteiger partial charge in [-0.05, 0) is 35.9 Å². The quantitative estimate of drug-likeness (QED) is 0.711. The van der Waals surface area contributed by atoms with Crippen molar-refractivity contribution >= 4 is 23.2 Å². The van der Waals surface area contributed by atoms with Crippen LogP contribution in [0.15, 0.2) is 61.2 Å². The Morgan fingerprint density at radius 2 is 1.85 bits per heavy atom. The van der Waals surface area contributed by atoms with Crippen molar-refractivity contribution in [3.63, 3.8) is 0 Å². The van der Waals surface area contributed by atoms with E-state index in [9.17, 15) is 4.79 Å². The molecule has 0 aliphatic heterocycles. The van der Waals surface area contributed by atoms with Gasteiger partial charge in [0.25, 0.3) is 5.91 Å². The maximum Gasteiger partial charge on any atom is 0.259 e. The fourth-order valence-electron chi connectivity index (χ4n) is 2.25. The van der Waals surface area contributed by atoms with Crippen LogP contribution in [0.25, 0.3) is 0 Å². The molecule has 0 fully saturated rings. The van der Waals surface area contributed by atoms with Gasteiger partial charge in [-0.15, -0.1) is 0 Å². The first-order valence-corrected chi connectivity index (χ1v) is 8.15. The Bertz CT molecular complexity index is 886. The van der Waals surface area contributed by atoms with Crippen LogP contribution in [0.5, 0.6) is 11.5 Å². The molecule has 0 saturated heterocycles. The molecular formula is C19H16ClN3O3. The van der Waals surface area contributed by atoms with E-state index in [2.05, 4.69) is 15.3 Å². The first-order valence-electron chi connectivity index (χ1n) is 7.77. The van der Waals surface area contributed by atoms with Gasteiger partial charge >= 0.3 is 0 Å². The summed E-state index contributed by atoms with van der Waals surface area (Å²) in [5, 5.41) is 3.16. The van der Waals surface area contributed by atoms with Crippen LogP contribution in [0.2, 0.25) is 5.02 Å². The highest BCUT2D eigenvalue weighted by Crippen LogP contribution is 2.25. The van der Waals surface area contributed by atoms with Crippen molar-refractivity contribution in [3.05, 3.63) is 77.3 Å². The summed E-state index contributed by atoms with van der Waals surface area (Å²) in [6.45, 7) is 0.306. The van der Waals surface area contributed by atoms with E-state index < -0.39 is 0 Å². The summed E-state index contributed by atoms with van der Waals surface area (Å²) in [6.07, 6.45) is 4.40. The van der Waals surface area contributed by atoms with Gasteiger partial charge < -0.3 is 14.8 Å². The lowest BCUT2D eigenvalue weighted by Gasteiger charge is -2.12. The number of benzene rings is 2. The van der Waals surface area contributed by atoms with Crippen molar-refractivity contribution < 1.29 is 14.3 Å². The van der Waals surface area contributed by atoms with Crippen molar-refractivity contribution in [3.8, 4) is 11.5 Å². The van der Waals surface area contributed by atoms with Gasteiger partial charge in [0.05, 0.1) is 30.8 Å². The fourth-order valence-corrected chi connectivity index (χ4v) is 2.42. The molecule has 0 aliphatic rings. The summed E-state index contributed by atoms with van der Waals surface area (Å²) >= 11 is 6.04. The number of hydrogen-bond donors (Lipinski definition) is 1. The Hall–Kier alpha value is -3.12. The van der Waals surface area contributed by atoms with Gasteiger partial charge in [0.2, 0.25) is 0 Å². The topological polar surface area (TPSA) is 73.3 Å². The minimum atomic E-state index is -0.355. The number of nitrogens with zero attached hydrogens (tertiary/aromatic N) is 2. The molecule has 1 amide bonds. The average Bonchev–Trinajstić information content (AvgIpc) is 2.68. The normalized spacial score (nSPS) is 10.2. The monoisotopic (exact) mass is 369 g/mol. The smallest absolute Gasteiger partial charge is 0.259 e. The predicted molar refractivity (Wildman–Crippen MR) is 98.8 cm³/mol. The Kier molecular flexibility index (Phi) is 5.66. The third-order valence-corrected chi connectivity index (χ3v) is 3.79. The van der Waals surface area contributed by atoms with Gasteiger partial charge in [-0.2, -0.15) is 0 Å². The molecule has 1 N–H and O–H groups in total. The standard InChI is InChI=1S/C19H16ClN3O3/c1-25-16-5-2-13(3-6-16)11-26-18-7-4-14(20)8-17(18)19(24)23-15-9-21-12-22-10-15/h2-10,12H,11H2,1H3,(H,23,24). The van der Waals surface area contributed by atoms with Crippen LogP contribution in [-0.4, -0.2) is 23.0 Å². The molecule has 0 spiro atoms. The van der Waals surface area contributed by atoms with Crippen molar-refractivity contribution in [2.75, 3.05) is 12.4 Å². The Morgan fingerprint density at radius 3 is 2.54 bits per heavy atom. The summed E-state index contributed by atoms with van der Waals surface area (Å²) in [4.78, 5) is 20.3. The number of nitrogens with one attached hydrogen (secondary N) is 1. The van der Waals surface area contributed by atoms with Crippen LogP contribution < -0.4 is 14.8 Å². The molecule has 3 aromatic rings. The summed E-state index contributed by atoms with van der Waals surface area (Å²) < 4.78 is 11.0. The van der Waals surface area contributed by atoms with Crippen molar-refractivity contribution in [1.29, 1.82) is 0 Å². The molecular weight excluding hydrogens is 354 g/mol. The highest BCUT2D eigenvalue weighted by molar-refractivity contribution is 6.31. The molecule has 0 radical (unpaired) electrons. The van der Waals surface area contributed by atoms with E-state index in [1.165, 1.54) is 18.7 Å². The van der Waals surface area contributed by atoms with E-state index in [-0.39, 0.29) is 5.91 Å². The summed E-state index contributed by atoms with van der Waals surface area (Å²) in [5.41, 5.74) is 1.76. The van der Waals surface area contributed by atoms with E-state index in [0.29, 0.717) is 28.6 Å². The number of halogens is 1. The number of rotatable bonds is 6. The lowest BCUT2D eigenvalue weighted by Crippen LogP contribution is -2.14. The van der Waals surface area contributed by atoms with Crippen LogP contribution >= 0.6 is 11.6 Å². The lowest BCUT2D eigenvalue weighted by atomic mass is 10.1. The number of aromatic nitrogens is 2. The van der Waals surface area contributed by atoms with Crippen molar-refractivity contribution in [2.45, 2.75) is 6.61 Å². The Labute approximate surface area is 155 Å². The van der Waals surface area contributed by atoms with Crippen LogP contribution in [0.3, 0.4) is 0 Å². The third-order valence-electron chi connectivity index (χ3n) is 3.56. The maximum atomic E-state index is 12.6. The zero-order valence-electron chi connectivity index (χ0n) is 14.0. The largest absolute Gasteiger partial charge is 0.497 e. The van der Waals surface area contributed by atoms with Gasteiger partial charge in [0.1, 0.15) is 24.4 Å². The second-order valence-corrected chi connectivity index (χ2v) is 5.79. The molecule has 2 aromatic carbocycles. The second-order valence-electron chi connectivity index (χ2n) is 5.36. The van der Waals surface area contributed by atoms with Crippen LogP contribution in [0, 0.1) is 0 Å². The molecule has 7 heteroatoms. The number of hydrogen-bond acceptors (Lipinski definition) is 5. The third kappa shape index (κ3) is 4.49. The molecule has 6 nitrogen and oxygen atoms in total. The van der Waals surface area contributed by atoms with Gasteiger partial charge in [-0.25, -0.2) is 9.97 Å². The van der Waals surface area contributed by atoms with Crippen LogP contribution in [0.4, 0.5) is 5.69 Å². The summed E-state index contributed by atoms with van der Waals surface area (Å²) in [5.74, 6) is 0.844. The zero-order chi connectivity index (χ0) is 18.4. The van der Waals surface area contributed by atoms with E-state index in [1.807, 2.05) is 24.3 Å². The van der Waals surface area contributed by atoms with Crippen LogP contribution in [-0.2, 0) is 6.61 Å². The molecule has 26 heavy (non-hydrogen) atoms. The van der Waals surface area contributed by atoms with E-state index in [4.69, 9.17) is 21.1 Å². The van der Waals surface area contributed by atoms with E-state index in [0.717, 1.165) is 11.3 Å². The minimum absolute atomic E-state index is 0.306. The molecule has 1 aromatic heterocycles. The first kappa shape index (κ1) is 17.7. The lowest BCUT2D eigenvalue weighted by molar-refractivity contribution is 0.102. The molecule has 0 unspecified atom stereocenters. The molecule has 0 atom stereocenters. The molecule has 3 rings (SSSR count). The molecule has 0 saturated carbocycles. The fraction of sp³-hybridized carbons (Fsp3) is 0.105. The Balaban J connectivity index is 1.75. The average molecular weight is 370 g/mol. The zero-order valence-corrected chi connectivity index (χ0v) is 14.7. The number of carbonyl (C=O) groups excluding carboxylic acids is 1. The van der Waals surface area contributed by atoms with Gasteiger partial charge in [-0.1, -0.05) is 23.7 Å². The first-order chi connectivity index (χ1) is 12.7. The van der Waals surface area contributed by atoms with Crippen molar-refractivity contribution in [2.24, 2.45) is 0 Å². The number of anilines is 1. The molecule has 0 aliphatic carbocycles. The van der Waals surface area contributed by atoms with E-state index in [1.54, 1.807) is 25.3 Å². The van der Waals surface area contributed by atoms with E-state index >= 15 is 0 Å². The van der Waals surface area contributed by atoms with Gasteiger partial charge in [-0.3, -0.25) is 4.79 Å².